The zero-order valence-electron chi connectivity index (χ0n) is 14.6. The van der Waals surface area contributed by atoms with Crippen LogP contribution in [0.25, 0.3) is 11.5 Å². The van der Waals surface area contributed by atoms with Crippen LogP contribution in [0, 0.1) is 0 Å². The molecule has 0 saturated carbocycles. The summed E-state index contributed by atoms with van der Waals surface area (Å²) >= 11 is 12.7. The van der Waals surface area contributed by atoms with E-state index in [0.29, 0.717) is 23.5 Å². The van der Waals surface area contributed by atoms with E-state index in [9.17, 15) is 9.59 Å². The molecule has 3 rings (SSSR count). The monoisotopic (exact) mass is 413 g/mol. The molecule has 11 heteroatoms. The number of nitrogens with zero attached hydrogens (tertiary/aromatic N) is 3. The number of carbonyl (C=O) groups is 2. The highest BCUT2D eigenvalue weighted by Crippen LogP contribution is 2.38. The van der Waals surface area contributed by atoms with Gasteiger partial charge in [-0.15, -0.1) is 0 Å². The summed E-state index contributed by atoms with van der Waals surface area (Å²) < 4.78 is 10.4. The van der Waals surface area contributed by atoms with Gasteiger partial charge in [-0.2, -0.15) is 4.98 Å². The molecule has 0 spiro atoms. The summed E-state index contributed by atoms with van der Waals surface area (Å²) in [7, 11) is 1.50. The van der Waals surface area contributed by atoms with E-state index in [1.807, 2.05) is 6.92 Å². The Kier molecular flexibility index (Phi) is 5.71. The second kappa shape index (κ2) is 8.01. The fourth-order valence-electron chi connectivity index (χ4n) is 2.55. The van der Waals surface area contributed by atoms with Crippen molar-refractivity contribution in [2.45, 2.75) is 19.4 Å². The van der Waals surface area contributed by atoms with Gasteiger partial charge in [-0.25, -0.2) is 9.59 Å². The van der Waals surface area contributed by atoms with Crippen LogP contribution >= 0.6 is 23.2 Å². The number of anilines is 1. The predicted octanol–water partition coefficient (Wildman–Crippen LogP) is 2.86. The molecule has 144 valence electrons. The van der Waals surface area contributed by atoms with E-state index < -0.39 is 12.2 Å². The summed E-state index contributed by atoms with van der Waals surface area (Å²) in [5, 5.41) is 9.38. The summed E-state index contributed by atoms with van der Waals surface area (Å²) in [6.07, 6.45) is -0.429. The average Bonchev–Trinajstić information content (AvgIpc) is 3.25. The van der Waals surface area contributed by atoms with Gasteiger partial charge in [-0.05, 0) is 12.1 Å². The van der Waals surface area contributed by atoms with Crippen molar-refractivity contribution in [3.63, 3.8) is 0 Å². The molecule has 1 atom stereocenters. The number of hydrogen-bond donors (Lipinski definition) is 2. The summed E-state index contributed by atoms with van der Waals surface area (Å²) in [6.45, 7) is 2.33. The zero-order chi connectivity index (χ0) is 19.6. The van der Waals surface area contributed by atoms with Gasteiger partial charge >= 0.3 is 12.1 Å². The molecule has 3 amide bonds. The Morgan fingerprint density at radius 1 is 1.37 bits per heavy atom. The van der Waals surface area contributed by atoms with Crippen molar-refractivity contribution in [3.05, 3.63) is 28.0 Å². The zero-order valence-corrected chi connectivity index (χ0v) is 16.1. The molecule has 1 unspecified atom stereocenters. The van der Waals surface area contributed by atoms with Crippen LogP contribution in [-0.2, 0) is 11.2 Å². The first-order valence-electron chi connectivity index (χ1n) is 8.18. The molecule has 1 aromatic heterocycles. The van der Waals surface area contributed by atoms with E-state index in [-0.39, 0.29) is 35.1 Å². The number of aromatic nitrogens is 2. The number of hydrogen-bond acceptors (Lipinski definition) is 6. The van der Waals surface area contributed by atoms with Crippen molar-refractivity contribution in [3.8, 4) is 11.5 Å². The maximum Gasteiger partial charge on any atom is 0.414 e. The minimum absolute atomic E-state index is 0.184. The lowest BCUT2D eigenvalue weighted by atomic mass is 10.2. The number of benzene rings is 1. The topological polar surface area (TPSA) is 110 Å². The summed E-state index contributed by atoms with van der Waals surface area (Å²) in [6, 6.07) is 2.80. The molecule has 0 radical (unpaired) electrons. The van der Waals surface area contributed by atoms with Gasteiger partial charge in [0.15, 0.2) is 5.82 Å². The summed E-state index contributed by atoms with van der Waals surface area (Å²) in [5.41, 5.74) is 0.871. The van der Waals surface area contributed by atoms with Crippen LogP contribution in [0.3, 0.4) is 0 Å². The summed E-state index contributed by atoms with van der Waals surface area (Å²) in [5.74, 6) is 0.751. The normalized spacial score (nSPS) is 16.4. The molecular weight excluding hydrogens is 397 g/mol. The van der Waals surface area contributed by atoms with Gasteiger partial charge in [-0.1, -0.05) is 35.3 Å². The molecule has 1 saturated heterocycles. The Bertz CT molecular complexity index is 849. The maximum atomic E-state index is 12.2. The van der Waals surface area contributed by atoms with E-state index in [0.717, 1.165) is 0 Å². The molecule has 2 heterocycles. The lowest BCUT2D eigenvalue weighted by molar-refractivity contribution is 0.140. The van der Waals surface area contributed by atoms with Gasteiger partial charge in [-0.3, -0.25) is 4.90 Å². The second-order valence-electron chi connectivity index (χ2n) is 5.73. The van der Waals surface area contributed by atoms with Gasteiger partial charge in [0.25, 0.3) is 5.89 Å². The smallest absolute Gasteiger partial charge is 0.414 e. The fourth-order valence-corrected chi connectivity index (χ4v) is 3.19. The minimum atomic E-state index is -0.551. The van der Waals surface area contributed by atoms with Gasteiger partial charge in [0.05, 0.1) is 34.4 Å². The van der Waals surface area contributed by atoms with E-state index in [1.54, 1.807) is 12.1 Å². The molecule has 1 aromatic carbocycles. The third-order valence-corrected chi connectivity index (χ3v) is 4.52. The predicted molar refractivity (Wildman–Crippen MR) is 99.2 cm³/mol. The van der Waals surface area contributed by atoms with Crippen molar-refractivity contribution in [2.24, 2.45) is 0 Å². The SMILES string of the molecule is CCc1noc(-c2c(Cl)cc(N3CC(CNC(=O)NC)OC3=O)cc2Cl)n1. The third-order valence-electron chi connectivity index (χ3n) is 3.93. The van der Waals surface area contributed by atoms with Crippen LogP contribution in [0.2, 0.25) is 10.0 Å². The van der Waals surface area contributed by atoms with Crippen molar-refractivity contribution < 1.29 is 18.8 Å². The quantitative estimate of drug-likeness (QED) is 0.779. The summed E-state index contributed by atoms with van der Waals surface area (Å²) in [4.78, 5) is 29.0. The molecule has 0 aliphatic carbocycles. The van der Waals surface area contributed by atoms with E-state index in [2.05, 4.69) is 20.8 Å². The molecular formula is C16H17Cl2N5O4. The first kappa shape index (κ1) is 19.2. The van der Waals surface area contributed by atoms with Gasteiger partial charge in [0.1, 0.15) is 6.10 Å². The van der Waals surface area contributed by atoms with Crippen molar-refractivity contribution >= 4 is 41.0 Å². The van der Waals surface area contributed by atoms with E-state index in [4.69, 9.17) is 32.5 Å². The molecule has 1 fully saturated rings. The Hall–Kier alpha value is -2.52. The van der Waals surface area contributed by atoms with Crippen LogP contribution in [0.15, 0.2) is 16.7 Å². The molecule has 2 aromatic rings. The number of ether oxygens (including phenoxy) is 1. The van der Waals surface area contributed by atoms with Gasteiger partial charge < -0.3 is 19.9 Å². The number of amides is 3. The Morgan fingerprint density at radius 2 is 2.07 bits per heavy atom. The van der Waals surface area contributed by atoms with E-state index >= 15 is 0 Å². The van der Waals surface area contributed by atoms with Crippen LogP contribution in [0.1, 0.15) is 12.7 Å². The number of rotatable bonds is 5. The average molecular weight is 414 g/mol. The molecule has 9 nitrogen and oxygen atoms in total. The number of nitrogens with one attached hydrogen (secondary N) is 2. The molecule has 0 bridgehead atoms. The maximum absolute atomic E-state index is 12.2. The van der Waals surface area contributed by atoms with Gasteiger partial charge in [0.2, 0.25) is 0 Å². The lowest BCUT2D eigenvalue weighted by Gasteiger charge is -2.15. The number of aryl methyl sites for hydroxylation is 1. The number of cyclic esters (lactones) is 1. The van der Waals surface area contributed by atoms with E-state index in [1.165, 1.54) is 11.9 Å². The van der Waals surface area contributed by atoms with Crippen molar-refractivity contribution in [1.82, 2.24) is 20.8 Å². The highest BCUT2D eigenvalue weighted by Gasteiger charge is 2.33. The Labute approximate surface area is 164 Å². The number of halogens is 2. The number of urea groups is 1. The highest BCUT2D eigenvalue weighted by atomic mass is 35.5. The van der Waals surface area contributed by atoms with Crippen molar-refractivity contribution in [2.75, 3.05) is 25.0 Å². The van der Waals surface area contributed by atoms with Crippen molar-refractivity contribution in [1.29, 1.82) is 0 Å². The van der Waals surface area contributed by atoms with Crippen LogP contribution < -0.4 is 15.5 Å². The first-order valence-corrected chi connectivity index (χ1v) is 8.94. The van der Waals surface area contributed by atoms with Gasteiger partial charge in [0, 0.05) is 13.5 Å². The van der Waals surface area contributed by atoms with Crippen LogP contribution in [0.5, 0.6) is 0 Å². The third kappa shape index (κ3) is 4.09. The molecule has 1 aliphatic heterocycles. The number of carbonyl (C=O) groups excluding carboxylic acids is 2. The lowest BCUT2D eigenvalue weighted by Crippen LogP contribution is -2.39. The Balaban J connectivity index is 1.79. The second-order valence-corrected chi connectivity index (χ2v) is 6.54. The largest absolute Gasteiger partial charge is 0.442 e. The van der Waals surface area contributed by atoms with Crippen LogP contribution in [0.4, 0.5) is 15.3 Å². The highest BCUT2D eigenvalue weighted by molar-refractivity contribution is 6.39. The minimum Gasteiger partial charge on any atom is -0.442 e. The first-order chi connectivity index (χ1) is 12.9. The Morgan fingerprint density at radius 3 is 2.67 bits per heavy atom. The fraction of sp³-hybridized carbons (Fsp3) is 0.375. The molecule has 1 aliphatic rings. The molecule has 27 heavy (non-hydrogen) atoms. The van der Waals surface area contributed by atoms with Crippen LogP contribution in [-0.4, -0.2) is 48.5 Å². The standard InChI is InChI=1S/C16H17Cl2N5O4/c1-3-12-21-14(27-22-12)13-10(17)4-8(5-11(13)18)23-7-9(26-16(23)25)6-20-15(24)19-2/h4-5,9H,3,6-7H2,1-2H3,(H2,19,20,24). The molecule has 2 N–H and O–H groups in total.